The average molecular weight is 275 g/mol. The van der Waals surface area contributed by atoms with E-state index in [0.717, 1.165) is 21.3 Å². The number of nitrogens with two attached hydrogens (primary N) is 1. The van der Waals surface area contributed by atoms with Crippen LogP contribution in [-0.2, 0) is 0 Å². The van der Waals surface area contributed by atoms with Crippen LogP contribution in [0.2, 0.25) is 0 Å². The molecule has 0 radical (unpaired) electrons. The Morgan fingerprint density at radius 1 is 1.11 bits per heavy atom. The predicted octanol–water partition coefficient (Wildman–Crippen LogP) is 3.83. The maximum atomic E-state index is 5.86. The number of hydrogen-bond acceptors (Lipinski definition) is 4. The molecule has 0 atom stereocenters. The Bertz CT molecular complexity index is 558. The highest BCUT2D eigenvalue weighted by atomic mass is 32.2. The molecule has 0 aliphatic carbocycles. The van der Waals surface area contributed by atoms with Gasteiger partial charge in [0.05, 0.1) is 19.4 Å². The van der Waals surface area contributed by atoms with Crippen LogP contribution in [-0.4, -0.2) is 13.7 Å². The van der Waals surface area contributed by atoms with Gasteiger partial charge in [-0.15, -0.1) is 0 Å². The van der Waals surface area contributed by atoms with Crippen molar-refractivity contribution in [3.05, 3.63) is 42.5 Å². The van der Waals surface area contributed by atoms with Crippen molar-refractivity contribution in [1.29, 1.82) is 0 Å². The van der Waals surface area contributed by atoms with Gasteiger partial charge in [-0.1, -0.05) is 17.8 Å². The lowest BCUT2D eigenvalue weighted by Gasteiger charge is -2.09. The first-order valence-corrected chi connectivity index (χ1v) is 6.89. The van der Waals surface area contributed by atoms with Crippen LogP contribution in [0.5, 0.6) is 11.5 Å². The first-order chi connectivity index (χ1) is 9.22. The summed E-state index contributed by atoms with van der Waals surface area (Å²) in [7, 11) is 1.67. The Hall–Kier alpha value is -1.81. The number of hydrogen-bond donors (Lipinski definition) is 1. The summed E-state index contributed by atoms with van der Waals surface area (Å²) in [4.78, 5) is 2.21. The third-order valence-electron chi connectivity index (χ3n) is 2.56. The summed E-state index contributed by atoms with van der Waals surface area (Å²) in [5, 5.41) is 0. The van der Waals surface area contributed by atoms with Crippen LogP contribution < -0.4 is 15.2 Å². The quantitative estimate of drug-likeness (QED) is 0.842. The summed E-state index contributed by atoms with van der Waals surface area (Å²) in [6, 6.07) is 13.8. The molecule has 4 heteroatoms. The van der Waals surface area contributed by atoms with Gasteiger partial charge in [0.2, 0.25) is 0 Å². The Labute approximate surface area is 117 Å². The molecule has 0 bridgehead atoms. The maximum Gasteiger partial charge on any atom is 0.143 e. The maximum absolute atomic E-state index is 5.86. The zero-order valence-electron chi connectivity index (χ0n) is 11.1. The van der Waals surface area contributed by atoms with Crippen molar-refractivity contribution >= 4 is 17.4 Å². The van der Waals surface area contributed by atoms with Crippen molar-refractivity contribution in [2.24, 2.45) is 0 Å². The fourth-order valence-electron chi connectivity index (χ4n) is 1.66. The van der Waals surface area contributed by atoms with E-state index in [9.17, 15) is 0 Å². The van der Waals surface area contributed by atoms with Crippen molar-refractivity contribution in [3.63, 3.8) is 0 Å². The lowest BCUT2D eigenvalue weighted by atomic mass is 10.3. The number of benzene rings is 2. The molecule has 0 spiro atoms. The van der Waals surface area contributed by atoms with Crippen LogP contribution in [0.1, 0.15) is 6.92 Å². The smallest absolute Gasteiger partial charge is 0.143 e. The van der Waals surface area contributed by atoms with E-state index >= 15 is 0 Å². The fourth-order valence-corrected chi connectivity index (χ4v) is 2.56. The van der Waals surface area contributed by atoms with Gasteiger partial charge in [0.15, 0.2) is 0 Å². The molecule has 0 aliphatic heterocycles. The molecular formula is C15H17NO2S. The lowest BCUT2D eigenvalue weighted by Crippen LogP contribution is -1.96. The van der Waals surface area contributed by atoms with Crippen molar-refractivity contribution in [2.75, 3.05) is 19.5 Å². The topological polar surface area (TPSA) is 44.5 Å². The van der Waals surface area contributed by atoms with E-state index in [1.165, 1.54) is 0 Å². The van der Waals surface area contributed by atoms with E-state index in [-0.39, 0.29) is 0 Å². The standard InChI is InChI=1S/C15H17NO2S/c1-3-18-15-10-13(7-8-14(15)16)19-12-6-4-5-11(9-12)17-2/h4-10H,3,16H2,1-2H3. The Balaban J connectivity index is 2.20. The van der Waals surface area contributed by atoms with Gasteiger partial charge in [-0.25, -0.2) is 0 Å². The molecule has 100 valence electrons. The molecule has 2 aromatic carbocycles. The molecule has 2 aromatic rings. The van der Waals surface area contributed by atoms with Gasteiger partial charge < -0.3 is 15.2 Å². The monoisotopic (exact) mass is 275 g/mol. The second-order valence-electron chi connectivity index (χ2n) is 3.91. The molecule has 0 aromatic heterocycles. The number of ether oxygens (including phenoxy) is 2. The second kappa shape index (κ2) is 6.38. The van der Waals surface area contributed by atoms with Gasteiger partial charge in [0, 0.05) is 9.79 Å². The van der Waals surface area contributed by atoms with Crippen LogP contribution in [0.3, 0.4) is 0 Å². The van der Waals surface area contributed by atoms with Crippen LogP contribution >= 0.6 is 11.8 Å². The van der Waals surface area contributed by atoms with Crippen molar-refractivity contribution in [2.45, 2.75) is 16.7 Å². The molecular weight excluding hydrogens is 258 g/mol. The normalized spacial score (nSPS) is 10.2. The predicted molar refractivity (Wildman–Crippen MR) is 79.1 cm³/mol. The summed E-state index contributed by atoms with van der Waals surface area (Å²) >= 11 is 1.65. The number of methoxy groups -OCH3 is 1. The molecule has 0 heterocycles. The first kappa shape index (κ1) is 13.6. The molecule has 0 unspecified atom stereocenters. The molecule has 0 amide bonds. The van der Waals surface area contributed by atoms with Gasteiger partial charge in [-0.2, -0.15) is 0 Å². The molecule has 0 saturated carbocycles. The summed E-state index contributed by atoms with van der Waals surface area (Å²) in [6.07, 6.45) is 0. The average Bonchev–Trinajstić information content (AvgIpc) is 2.43. The Morgan fingerprint density at radius 3 is 2.63 bits per heavy atom. The van der Waals surface area contributed by atoms with Crippen LogP contribution in [0, 0.1) is 0 Å². The second-order valence-corrected chi connectivity index (χ2v) is 5.06. The van der Waals surface area contributed by atoms with Crippen molar-refractivity contribution in [3.8, 4) is 11.5 Å². The zero-order chi connectivity index (χ0) is 13.7. The van der Waals surface area contributed by atoms with E-state index in [1.807, 2.05) is 49.4 Å². The third-order valence-corrected chi connectivity index (χ3v) is 3.54. The molecule has 19 heavy (non-hydrogen) atoms. The van der Waals surface area contributed by atoms with E-state index in [0.29, 0.717) is 12.3 Å². The minimum absolute atomic E-state index is 0.609. The molecule has 2 N–H and O–H groups in total. The Kier molecular flexibility index (Phi) is 4.58. The van der Waals surface area contributed by atoms with Gasteiger partial charge in [-0.05, 0) is 43.3 Å². The zero-order valence-corrected chi connectivity index (χ0v) is 11.9. The largest absolute Gasteiger partial charge is 0.497 e. The van der Waals surface area contributed by atoms with Crippen LogP contribution in [0.25, 0.3) is 0 Å². The Morgan fingerprint density at radius 2 is 1.89 bits per heavy atom. The summed E-state index contributed by atoms with van der Waals surface area (Å²) in [5.74, 6) is 1.58. The van der Waals surface area contributed by atoms with Gasteiger partial charge in [0.1, 0.15) is 11.5 Å². The molecule has 0 fully saturated rings. The highest BCUT2D eigenvalue weighted by Crippen LogP contribution is 2.34. The van der Waals surface area contributed by atoms with Gasteiger partial charge in [-0.3, -0.25) is 0 Å². The summed E-state index contributed by atoms with van der Waals surface area (Å²) in [6.45, 7) is 2.55. The molecule has 3 nitrogen and oxygen atoms in total. The van der Waals surface area contributed by atoms with Crippen LogP contribution in [0.15, 0.2) is 52.3 Å². The third kappa shape index (κ3) is 3.58. The minimum Gasteiger partial charge on any atom is -0.497 e. The number of rotatable bonds is 5. The van der Waals surface area contributed by atoms with Crippen LogP contribution in [0.4, 0.5) is 5.69 Å². The van der Waals surface area contributed by atoms with E-state index in [2.05, 4.69) is 0 Å². The van der Waals surface area contributed by atoms with E-state index in [1.54, 1.807) is 18.9 Å². The van der Waals surface area contributed by atoms with Gasteiger partial charge in [0.25, 0.3) is 0 Å². The van der Waals surface area contributed by atoms with Gasteiger partial charge >= 0.3 is 0 Å². The molecule has 0 aliphatic rings. The van der Waals surface area contributed by atoms with Crippen molar-refractivity contribution in [1.82, 2.24) is 0 Å². The van der Waals surface area contributed by atoms with E-state index < -0.39 is 0 Å². The minimum atomic E-state index is 0.609. The van der Waals surface area contributed by atoms with E-state index in [4.69, 9.17) is 15.2 Å². The molecule has 2 rings (SSSR count). The first-order valence-electron chi connectivity index (χ1n) is 6.07. The summed E-state index contributed by atoms with van der Waals surface area (Å²) in [5.41, 5.74) is 6.52. The SMILES string of the molecule is CCOc1cc(Sc2cccc(OC)c2)ccc1N. The molecule has 0 saturated heterocycles. The highest BCUT2D eigenvalue weighted by Gasteiger charge is 2.04. The fraction of sp³-hybridized carbons (Fsp3) is 0.200. The summed E-state index contributed by atoms with van der Waals surface area (Å²) < 4.78 is 10.7. The van der Waals surface area contributed by atoms with Crippen molar-refractivity contribution < 1.29 is 9.47 Å². The highest BCUT2D eigenvalue weighted by molar-refractivity contribution is 7.99. The number of nitrogen functional groups attached to an aromatic ring is 1. The number of anilines is 1. The lowest BCUT2D eigenvalue weighted by molar-refractivity contribution is 0.341.